The molecule has 0 unspecified atom stereocenters. The predicted octanol–water partition coefficient (Wildman–Crippen LogP) is 2.73. The number of aryl methyl sites for hydroxylation is 1. The van der Waals surface area contributed by atoms with Crippen LogP contribution in [0.4, 0.5) is 0 Å². The largest absolute Gasteiger partial charge is 0.478 e. The fourth-order valence-corrected chi connectivity index (χ4v) is 4.19. The molecule has 1 aliphatic heterocycles. The van der Waals surface area contributed by atoms with Gasteiger partial charge in [0.05, 0.1) is 11.3 Å². The number of carboxylic acid groups (broad SMARTS) is 1. The maximum atomic E-state index is 12.7. The van der Waals surface area contributed by atoms with Gasteiger partial charge < -0.3 is 14.9 Å². The van der Waals surface area contributed by atoms with Crippen molar-refractivity contribution in [1.82, 2.24) is 14.8 Å². The molecule has 1 aromatic heterocycles. The van der Waals surface area contributed by atoms with Crippen molar-refractivity contribution in [2.45, 2.75) is 51.9 Å². The summed E-state index contributed by atoms with van der Waals surface area (Å²) in [5, 5.41) is 9.08. The zero-order valence-electron chi connectivity index (χ0n) is 16.5. The molecule has 2 fully saturated rings. The average molecular weight is 387 g/mol. The molecule has 7 nitrogen and oxygen atoms in total. The van der Waals surface area contributed by atoms with Gasteiger partial charge in [-0.05, 0) is 31.4 Å². The van der Waals surface area contributed by atoms with Gasteiger partial charge in [0.2, 0.25) is 5.91 Å². The predicted molar refractivity (Wildman–Crippen MR) is 104 cm³/mol. The van der Waals surface area contributed by atoms with Gasteiger partial charge in [0.1, 0.15) is 5.69 Å². The molecule has 1 aliphatic carbocycles. The Labute approximate surface area is 165 Å². The Bertz CT molecular complexity index is 735. The minimum atomic E-state index is -1.05. The summed E-state index contributed by atoms with van der Waals surface area (Å²) in [5.41, 5.74) is 0.680. The van der Waals surface area contributed by atoms with Gasteiger partial charge in [0.25, 0.3) is 5.91 Å². The van der Waals surface area contributed by atoms with Crippen molar-refractivity contribution in [3.05, 3.63) is 29.1 Å². The number of hydrogen-bond donors (Lipinski definition) is 1. The standard InChI is InChI=1S/C21H29N3O4/c1-15-17(21(27)28)8-9-18(22-15)20(26)24-13-11-23(12-14-24)19(25)10-7-16-5-3-2-4-6-16/h8-9,16H,2-7,10-14H2,1H3,(H,27,28). The molecule has 3 rings (SSSR count). The summed E-state index contributed by atoms with van der Waals surface area (Å²) in [6.07, 6.45) is 8.01. The van der Waals surface area contributed by atoms with E-state index in [9.17, 15) is 14.4 Å². The van der Waals surface area contributed by atoms with E-state index < -0.39 is 5.97 Å². The second kappa shape index (κ2) is 9.17. The molecule has 2 aliphatic rings. The lowest BCUT2D eigenvalue weighted by Crippen LogP contribution is -2.50. The van der Waals surface area contributed by atoms with Crippen LogP contribution in [0, 0.1) is 12.8 Å². The molecule has 1 aromatic rings. The Balaban J connectivity index is 1.49. The highest BCUT2D eigenvalue weighted by Crippen LogP contribution is 2.27. The highest BCUT2D eigenvalue weighted by molar-refractivity contribution is 5.94. The van der Waals surface area contributed by atoms with E-state index in [0.717, 1.165) is 6.42 Å². The first kappa shape index (κ1) is 20.3. The minimum Gasteiger partial charge on any atom is -0.478 e. The molecule has 1 saturated heterocycles. The smallest absolute Gasteiger partial charge is 0.337 e. The molecule has 7 heteroatoms. The van der Waals surface area contributed by atoms with Crippen LogP contribution in [0.5, 0.6) is 0 Å². The molecule has 2 heterocycles. The monoisotopic (exact) mass is 387 g/mol. The molecule has 0 bridgehead atoms. The number of nitrogens with zero attached hydrogens (tertiary/aromatic N) is 3. The SMILES string of the molecule is Cc1nc(C(=O)N2CCN(C(=O)CCC3CCCCC3)CC2)ccc1C(=O)O. The van der Waals surface area contributed by atoms with Gasteiger partial charge >= 0.3 is 5.97 Å². The van der Waals surface area contributed by atoms with E-state index in [1.807, 2.05) is 4.90 Å². The number of aromatic nitrogens is 1. The summed E-state index contributed by atoms with van der Waals surface area (Å²) < 4.78 is 0. The quantitative estimate of drug-likeness (QED) is 0.839. The Hall–Kier alpha value is -2.44. The number of pyridine rings is 1. The van der Waals surface area contributed by atoms with E-state index in [2.05, 4.69) is 4.98 Å². The van der Waals surface area contributed by atoms with Crippen LogP contribution >= 0.6 is 0 Å². The molecular weight excluding hydrogens is 358 g/mol. The highest BCUT2D eigenvalue weighted by atomic mass is 16.4. The Morgan fingerprint density at radius 3 is 2.29 bits per heavy atom. The number of aromatic carboxylic acids is 1. The average Bonchev–Trinajstić information content (AvgIpc) is 2.72. The molecule has 1 N–H and O–H groups in total. The number of carbonyl (C=O) groups excluding carboxylic acids is 2. The zero-order chi connectivity index (χ0) is 20.1. The van der Waals surface area contributed by atoms with Crippen molar-refractivity contribution in [3.63, 3.8) is 0 Å². The van der Waals surface area contributed by atoms with Crippen LogP contribution in [0.1, 0.15) is 71.5 Å². The number of carbonyl (C=O) groups is 3. The van der Waals surface area contributed by atoms with Gasteiger partial charge in [-0.3, -0.25) is 9.59 Å². The molecule has 0 spiro atoms. The molecule has 0 aromatic carbocycles. The van der Waals surface area contributed by atoms with Crippen molar-refractivity contribution in [3.8, 4) is 0 Å². The van der Waals surface area contributed by atoms with Crippen molar-refractivity contribution >= 4 is 17.8 Å². The Morgan fingerprint density at radius 2 is 1.68 bits per heavy atom. The third-order valence-corrected chi connectivity index (χ3v) is 5.95. The maximum absolute atomic E-state index is 12.7. The third-order valence-electron chi connectivity index (χ3n) is 5.95. The van der Waals surface area contributed by atoms with Crippen LogP contribution in [0.2, 0.25) is 0 Å². The van der Waals surface area contributed by atoms with E-state index in [4.69, 9.17) is 5.11 Å². The van der Waals surface area contributed by atoms with Gasteiger partial charge in [0.15, 0.2) is 0 Å². The molecule has 0 atom stereocenters. The molecule has 2 amide bonds. The van der Waals surface area contributed by atoms with Gasteiger partial charge in [-0.1, -0.05) is 32.1 Å². The Morgan fingerprint density at radius 1 is 1.04 bits per heavy atom. The lowest BCUT2D eigenvalue weighted by Gasteiger charge is -2.35. The molecule has 28 heavy (non-hydrogen) atoms. The van der Waals surface area contributed by atoms with Crippen LogP contribution in [0.3, 0.4) is 0 Å². The van der Waals surface area contributed by atoms with Gasteiger partial charge in [-0.15, -0.1) is 0 Å². The van der Waals surface area contributed by atoms with Crippen molar-refractivity contribution in [1.29, 1.82) is 0 Å². The number of hydrogen-bond acceptors (Lipinski definition) is 4. The number of piperazine rings is 1. The summed E-state index contributed by atoms with van der Waals surface area (Å²) >= 11 is 0. The normalized spacial score (nSPS) is 18.2. The zero-order valence-corrected chi connectivity index (χ0v) is 16.5. The summed E-state index contributed by atoms with van der Waals surface area (Å²) in [6.45, 7) is 3.64. The van der Waals surface area contributed by atoms with E-state index in [-0.39, 0.29) is 23.1 Å². The first-order valence-electron chi connectivity index (χ1n) is 10.2. The third kappa shape index (κ3) is 4.88. The second-order valence-corrected chi connectivity index (χ2v) is 7.85. The maximum Gasteiger partial charge on any atom is 0.337 e. The van der Waals surface area contributed by atoms with Gasteiger partial charge in [-0.25, -0.2) is 9.78 Å². The summed E-state index contributed by atoms with van der Waals surface area (Å²) in [5.74, 6) is -0.375. The lowest BCUT2D eigenvalue weighted by atomic mass is 9.86. The summed E-state index contributed by atoms with van der Waals surface area (Å²) in [4.78, 5) is 43.9. The lowest BCUT2D eigenvalue weighted by molar-refractivity contribution is -0.133. The van der Waals surface area contributed by atoms with E-state index in [1.165, 1.54) is 44.2 Å². The van der Waals surface area contributed by atoms with Crippen molar-refractivity contribution < 1.29 is 19.5 Å². The van der Waals surface area contributed by atoms with Crippen molar-refractivity contribution in [2.24, 2.45) is 5.92 Å². The van der Waals surface area contributed by atoms with Crippen LogP contribution in [-0.4, -0.2) is 63.9 Å². The van der Waals surface area contributed by atoms with Crippen LogP contribution in [0.25, 0.3) is 0 Å². The van der Waals surface area contributed by atoms with E-state index in [1.54, 1.807) is 11.8 Å². The fourth-order valence-electron chi connectivity index (χ4n) is 4.19. The molecule has 0 radical (unpaired) electrons. The fraction of sp³-hybridized carbons (Fsp3) is 0.619. The number of carboxylic acids is 1. The number of rotatable bonds is 5. The van der Waals surface area contributed by atoms with Crippen molar-refractivity contribution in [2.75, 3.05) is 26.2 Å². The molecule has 152 valence electrons. The van der Waals surface area contributed by atoms with Crippen LogP contribution < -0.4 is 0 Å². The topological polar surface area (TPSA) is 90.8 Å². The van der Waals surface area contributed by atoms with Crippen LogP contribution in [-0.2, 0) is 4.79 Å². The summed E-state index contributed by atoms with van der Waals surface area (Å²) in [7, 11) is 0. The summed E-state index contributed by atoms with van der Waals surface area (Å²) in [6, 6.07) is 2.88. The second-order valence-electron chi connectivity index (χ2n) is 7.85. The van der Waals surface area contributed by atoms with Gasteiger partial charge in [-0.2, -0.15) is 0 Å². The first-order chi connectivity index (χ1) is 13.5. The molecular formula is C21H29N3O4. The highest BCUT2D eigenvalue weighted by Gasteiger charge is 2.26. The Kier molecular flexibility index (Phi) is 6.65. The minimum absolute atomic E-state index is 0.102. The van der Waals surface area contributed by atoms with E-state index >= 15 is 0 Å². The molecule has 1 saturated carbocycles. The van der Waals surface area contributed by atoms with Crippen LogP contribution in [0.15, 0.2) is 12.1 Å². The number of amides is 2. The van der Waals surface area contributed by atoms with Gasteiger partial charge in [0, 0.05) is 32.6 Å². The first-order valence-corrected chi connectivity index (χ1v) is 10.2. The van der Waals surface area contributed by atoms with E-state index in [0.29, 0.717) is 44.2 Å².